The van der Waals surface area contributed by atoms with E-state index in [1.54, 1.807) is 0 Å². The van der Waals surface area contributed by atoms with Crippen LogP contribution in [0.5, 0.6) is 0 Å². The normalized spacial score (nSPS) is 13.0. The second-order valence-electron chi connectivity index (χ2n) is 6.45. The van der Waals surface area contributed by atoms with Crippen LogP contribution in [0.15, 0.2) is 48.5 Å². The standard InChI is InChI=1S/C20H27NO2S/c1-16-10-11-20(14-17(16)2)18(3)21-12-7-13-24(22,23)15-19-8-5-4-6-9-19/h4-6,8-11,14,18,21H,7,12-13,15H2,1-3H3/t18-/m0/s1. The van der Waals surface area contributed by atoms with Gasteiger partial charge in [0, 0.05) is 6.04 Å². The van der Waals surface area contributed by atoms with E-state index in [0.29, 0.717) is 13.0 Å². The lowest BCUT2D eigenvalue weighted by Crippen LogP contribution is -2.22. The van der Waals surface area contributed by atoms with Crippen LogP contribution in [-0.2, 0) is 15.6 Å². The molecule has 3 nitrogen and oxygen atoms in total. The number of aryl methyl sites for hydroxylation is 2. The van der Waals surface area contributed by atoms with Crippen molar-refractivity contribution in [1.29, 1.82) is 0 Å². The summed E-state index contributed by atoms with van der Waals surface area (Å²) in [6, 6.07) is 16.0. The fraction of sp³-hybridized carbons (Fsp3) is 0.400. The van der Waals surface area contributed by atoms with Gasteiger partial charge in [-0.05, 0) is 56.0 Å². The maximum Gasteiger partial charge on any atom is 0.154 e. The number of rotatable bonds is 8. The average molecular weight is 346 g/mol. The molecule has 0 saturated carbocycles. The summed E-state index contributed by atoms with van der Waals surface area (Å²) in [6.45, 7) is 7.03. The van der Waals surface area contributed by atoms with E-state index in [-0.39, 0.29) is 17.5 Å². The first-order chi connectivity index (χ1) is 11.4. The van der Waals surface area contributed by atoms with Crippen molar-refractivity contribution in [3.8, 4) is 0 Å². The van der Waals surface area contributed by atoms with E-state index in [4.69, 9.17) is 0 Å². The second kappa shape index (κ2) is 8.45. The maximum atomic E-state index is 12.2. The number of nitrogens with one attached hydrogen (secondary N) is 1. The zero-order chi connectivity index (χ0) is 17.6. The van der Waals surface area contributed by atoms with Gasteiger partial charge >= 0.3 is 0 Å². The van der Waals surface area contributed by atoms with Crippen LogP contribution in [0.2, 0.25) is 0 Å². The summed E-state index contributed by atoms with van der Waals surface area (Å²) in [4.78, 5) is 0. The van der Waals surface area contributed by atoms with Crippen molar-refractivity contribution in [2.75, 3.05) is 12.3 Å². The lowest BCUT2D eigenvalue weighted by Gasteiger charge is -2.15. The molecule has 2 rings (SSSR count). The zero-order valence-electron chi connectivity index (χ0n) is 14.7. The molecule has 0 unspecified atom stereocenters. The lowest BCUT2D eigenvalue weighted by atomic mass is 10.0. The molecule has 0 heterocycles. The molecule has 0 aromatic heterocycles. The quantitative estimate of drug-likeness (QED) is 0.737. The summed E-state index contributed by atoms with van der Waals surface area (Å²) in [5, 5.41) is 3.42. The summed E-state index contributed by atoms with van der Waals surface area (Å²) < 4.78 is 24.3. The van der Waals surface area contributed by atoms with E-state index >= 15 is 0 Å². The Morgan fingerprint density at radius 2 is 1.71 bits per heavy atom. The Morgan fingerprint density at radius 3 is 2.38 bits per heavy atom. The highest BCUT2D eigenvalue weighted by Crippen LogP contribution is 2.16. The van der Waals surface area contributed by atoms with E-state index < -0.39 is 9.84 Å². The van der Waals surface area contributed by atoms with Crippen LogP contribution < -0.4 is 5.32 Å². The molecule has 0 aliphatic carbocycles. The summed E-state index contributed by atoms with van der Waals surface area (Å²) in [7, 11) is -3.05. The minimum Gasteiger partial charge on any atom is -0.310 e. The molecular formula is C20H27NO2S. The van der Waals surface area contributed by atoms with Gasteiger partial charge in [0.2, 0.25) is 0 Å². The summed E-state index contributed by atoms with van der Waals surface area (Å²) >= 11 is 0. The average Bonchev–Trinajstić information content (AvgIpc) is 2.54. The minimum absolute atomic E-state index is 0.126. The molecule has 0 aliphatic heterocycles. The maximum absolute atomic E-state index is 12.2. The third kappa shape index (κ3) is 5.77. The van der Waals surface area contributed by atoms with Gasteiger partial charge < -0.3 is 5.32 Å². The first kappa shape index (κ1) is 18.7. The predicted octanol–water partition coefficient (Wildman–Crippen LogP) is 3.96. The fourth-order valence-electron chi connectivity index (χ4n) is 2.66. The smallest absolute Gasteiger partial charge is 0.154 e. The van der Waals surface area contributed by atoms with Gasteiger partial charge in [-0.3, -0.25) is 0 Å². The topological polar surface area (TPSA) is 46.2 Å². The van der Waals surface area contributed by atoms with Crippen LogP contribution >= 0.6 is 0 Å². The molecule has 0 fully saturated rings. The molecule has 0 bridgehead atoms. The van der Waals surface area contributed by atoms with Crippen LogP contribution in [-0.4, -0.2) is 20.7 Å². The van der Waals surface area contributed by atoms with Crippen molar-refractivity contribution >= 4 is 9.84 Å². The molecular weight excluding hydrogens is 318 g/mol. The van der Waals surface area contributed by atoms with Crippen LogP contribution in [0.1, 0.15) is 41.6 Å². The van der Waals surface area contributed by atoms with E-state index in [9.17, 15) is 8.42 Å². The van der Waals surface area contributed by atoms with Crippen molar-refractivity contribution in [3.05, 3.63) is 70.8 Å². The summed E-state index contributed by atoms with van der Waals surface area (Å²) in [5.41, 5.74) is 4.67. The summed E-state index contributed by atoms with van der Waals surface area (Å²) in [6.07, 6.45) is 0.629. The highest BCUT2D eigenvalue weighted by Gasteiger charge is 2.12. The van der Waals surface area contributed by atoms with E-state index in [2.05, 4.69) is 44.3 Å². The van der Waals surface area contributed by atoms with E-state index in [1.165, 1.54) is 16.7 Å². The van der Waals surface area contributed by atoms with Crippen LogP contribution in [0.3, 0.4) is 0 Å². The van der Waals surface area contributed by atoms with Gasteiger partial charge in [-0.15, -0.1) is 0 Å². The highest BCUT2D eigenvalue weighted by atomic mass is 32.2. The van der Waals surface area contributed by atoms with E-state index in [1.807, 2.05) is 30.3 Å². The predicted molar refractivity (Wildman–Crippen MR) is 101 cm³/mol. The number of hydrogen-bond acceptors (Lipinski definition) is 3. The Morgan fingerprint density at radius 1 is 1.00 bits per heavy atom. The van der Waals surface area contributed by atoms with Gasteiger partial charge in [-0.1, -0.05) is 48.5 Å². The molecule has 0 aliphatic rings. The molecule has 0 amide bonds. The van der Waals surface area contributed by atoms with Gasteiger partial charge in [-0.25, -0.2) is 8.42 Å². The van der Waals surface area contributed by atoms with Crippen molar-refractivity contribution in [1.82, 2.24) is 5.32 Å². The van der Waals surface area contributed by atoms with Crippen molar-refractivity contribution in [3.63, 3.8) is 0 Å². The van der Waals surface area contributed by atoms with E-state index in [0.717, 1.165) is 5.56 Å². The Hall–Kier alpha value is -1.65. The van der Waals surface area contributed by atoms with Crippen LogP contribution in [0, 0.1) is 13.8 Å². The number of sulfone groups is 1. The fourth-order valence-corrected chi connectivity index (χ4v) is 4.09. The van der Waals surface area contributed by atoms with Crippen LogP contribution in [0.25, 0.3) is 0 Å². The Balaban J connectivity index is 1.78. The van der Waals surface area contributed by atoms with Crippen LogP contribution in [0.4, 0.5) is 0 Å². The molecule has 0 spiro atoms. The third-order valence-electron chi connectivity index (χ3n) is 4.34. The molecule has 2 aromatic carbocycles. The molecule has 2 aromatic rings. The highest BCUT2D eigenvalue weighted by molar-refractivity contribution is 7.90. The van der Waals surface area contributed by atoms with Gasteiger partial charge in [0.25, 0.3) is 0 Å². The van der Waals surface area contributed by atoms with Gasteiger partial charge in [0.15, 0.2) is 9.84 Å². The molecule has 130 valence electrons. The SMILES string of the molecule is Cc1ccc([C@H](C)NCCCS(=O)(=O)Cc2ccccc2)cc1C. The zero-order valence-corrected chi connectivity index (χ0v) is 15.6. The number of benzene rings is 2. The number of hydrogen-bond donors (Lipinski definition) is 1. The first-order valence-electron chi connectivity index (χ1n) is 8.42. The lowest BCUT2D eigenvalue weighted by molar-refractivity contribution is 0.559. The van der Waals surface area contributed by atoms with Crippen molar-refractivity contribution in [2.45, 2.75) is 39.0 Å². The molecule has 1 atom stereocenters. The molecule has 0 radical (unpaired) electrons. The van der Waals surface area contributed by atoms with Gasteiger partial charge in [0.1, 0.15) is 0 Å². The Bertz CT molecular complexity index is 754. The van der Waals surface area contributed by atoms with Gasteiger partial charge in [-0.2, -0.15) is 0 Å². The minimum atomic E-state index is -3.05. The third-order valence-corrected chi connectivity index (χ3v) is 6.03. The molecule has 4 heteroatoms. The van der Waals surface area contributed by atoms with Crippen molar-refractivity contribution in [2.24, 2.45) is 0 Å². The molecule has 24 heavy (non-hydrogen) atoms. The second-order valence-corrected chi connectivity index (χ2v) is 8.63. The molecule has 0 saturated heterocycles. The summed E-state index contributed by atoms with van der Waals surface area (Å²) in [5.74, 6) is 0.342. The monoisotopic (exact) mass is 345 g/mol. The largest absolute Gasteiger partial charge is 0.310 e. The van der Waals surface area contributed by atoms with Crippen molar-refractivity contribution < 1.29 is 8.42 Å². The first-order valence-corrected chi connectivity index (χ1v) is 10.2. The van der Waals surface area contributed by atoms with Gasteiger partial charge in [0.05, 0.1) is 11.5 Å². The molecule has 1 N–H and O–H groups in total. The Kier molecular flexibility index (Phi) is 6.58. The Labute approximate surface area is 146 Å².